The molecule has 2 aromatic carbocycles. The molecule has 94 valence electrons. The lowest BCUT2D eigenvalue weighted by Gasteiger charge is -2.09. The van der Waals surface area contributed by atoms with Gasteiger partial charge in [0.1, 0.15) is 11.5 Å². The number of methoxy groups -OCH3 is 2. The molecule has 0 radical (unpaired) electrons. The van der Waals surface area contributed by atoms with Crippen molar-refractivity contribution < 1.29 is 9.47 Å². The SMILES string of the molecule is COc1cc(Cc2cccc(C)c2)cc(OC)c1. The van der Waals surface area contributed by atoms with Gasteiger partial charge in [-0.3, -0.25) is 0 Å². The molecule has 0 unspecified atom stereocenters. The summed E-state index contributed by atoms with van der Waals surface area (Å²) >= 11 is 0. The Morgan fingerprint density at radius 1 is 0.833 bits per heavy atom. The summed E-state index contributed by atoms with van der Waals surface area (Å²) in [5.74, 6) is 1.66. The molecule has 0 fully saturated rings. The first kappa shape index (κ1) is 12.5. The van der Waals surface area contributed by atoms with Gasteiger partial charge in [-0.25, -0.2) is 0 Å². The van der Waals surface area contributed by atoms with Crippen LogP contribution < -0.4 is 9.47 Å². The molecule has 2 nitrogen and oxygen atoms in total. The fourth-order valence-corrected chi connectivity index (χ4v) is 2.03. The molecule has 0 aliphatic rings. The van der Waals surface area contributed by atoms with Gasteiger partial charge in [-0.1, -0.05) is 29.8 Å². The highest BCUT2D eigenvalue weighted by Gasteiger charge is 2.03. The quantitative estimate of drug-likeness (QED) is 0.815. The molecular weight excluding hydrogens is 224 g/mol. The van der Waals surface area contributed by atoms with Gasteiger partial charge in [-0.15, -0.1) is 0 Å². The summed E-state index contributed by atoms with van der Waals surface area (Å²) in [5, 5.41) is 0. The molecule has 0 bridgehead atoms. The number of hydrogen-bond donors (Lipinski definition) is 0. The van der Waals surface area contributed by atoms with Crippen LogP contribution in [0.15, 0.2) is 42.5 Å². The summed E-state index contributed by atoms with van der Waals surface area (Å²) in [7, 11) is 3.34. The zero-order valence-electron chi connectivity index (χ0n) is 11.1. The summed E-state index contributed by atoms with van der Waals surface area (Å²) in [5.41, 5.74) is 3.77. The topological polar surface area (TPSA) is 18.5 Å². The van der Waals surface area contributed by atoms with E-state index < -0.39 is 0 Å². The lowest BCUT2D eigenvalue weighted by Crippen LogP contribution is -1.93. The van der Waals surface area contributed by atoms with Crippen LogP contribution in [-0.2, 0) is 6.42 Å². The van der Waals surface area contributed by atoms with Crippen molar-refractivity contribution in [2.45, 2.75) is 13.3 Å². The van der Waals surface area contributed by atoms with Crippen molar-refractivity contribution in [2.24, 2.45) is 0 Å². The maximum Gasteiger partial charge on any atom is 0.122 e. The van der Waals surface area contributed by atoms with Gasteiger partial charge in [0.05, 0.1) is 14.2 Å². The smallest absolute Gasteiger partial charge is 0.122 e. The summed E-state index contributed by atoms with van der Waals surface area (Å²) in [4.78, 5) is 0. The second kappa shape index (κ2) is 5.58. The van der Waals surface area contributed by atoms with Gasteiger partial charge in [0, 0.05) is 6.07 Å². The molecular formula is C16H18O2. The Kier molecular flexibility index (Phi) is 3.88. The minimum atomic E-state index is 0.831. The van der Waals surface area contributed by atoms with E-state index in [4.69, 9.17) is 9.47 Å². The third kappa shape index (κ3) is 3.04. The predicted molar refractivity (Wildman–Crippen MR) is 73.5 cm³/mol. The Morgan fingerprint density at radius 2 is 1.50 bits per heavy atom. The van der Waals surface area contributed by atoms with E-state index in [1.54, 1.807) is 14.2 Å². The highest BCUT2D eigenvalue weighted by molar-refractivity contribution is 5.40. The van der Waals surface area contributed by atoms with E-state index in [0.29, 0.717) is 0 Å². The second-order valence-corrected chi connectivity index (χ2v) is 4.39. The Labute approximate surface area is 108 Å². The Balaban J connectivity index is 2.28. The molecule has 2 rings (SSSR count). The van der Waals surface area contributed by atoms with Crippen molar-refractivity contribution >= 4 is 0 Å². The van der Waals surface area contributed by atoms with Crippen LogP contribution in [-0.4, -0.2) is 14.2 Å². The van der Waals surface area contributed by atoms with E-state index >= 15 is 0 Å². The van der Waals surface area contributed by atoms with Crippen LogP contribution in [0, 0.1) is 6.92 Å². The molecule has 0 atom stereocenters. The summed E-state index contributed by atoms with van der Waals surface area (Å²) in [6, 6.07) is 14.5. The maximum absolute atomic E-state index is 5.28. The van der Waals surface area contributed by atoms with Crippen molar-refractivity contribution in [1.82, 2.24) is 0 Å². The first-order chi connectivity index (χ1) is 8.71. The zero-order valence-corrected chi connectivity index (χ0v) is 11.1. The lowest BCUT2D eigenvalue weighted by atomic mass is 10.0. The summed E-state index contributed by atoms with van der Waals surface area (Å²) in [6.45, 7) is 2.11. The number of benzene rings is 2. The van der Waals surface area contributed by atoms with Gasteiger partial charge in [-0.2, -0.15) is 0 Å². The number of rotatable bonds is 4. The molecule has 0 spiro atoms. The molecule has 0 amide bonds. The fourth-order valence-electron chi connectivity index (χ4n) is 2.03. The van der Waals surface area contributed by atoms with E-state index in [2.05, 4.69) is 31.2 Å². The first-order valence-corrected chi connectivity index (χ1v) is 5.99. The molecule has 0 heterocycles. The average Bonchev–Trinajstić information content (AvgIpc) is 2.38. The van der Waals surface area contributed by atoms with Gasteiger partial charge in [0.25, 0.3) is 0 Å². The van der Waals surface area contributed by atoms with Crippen LogP contribution in [0.4, 0.5) is 0 Å². The molecule has 0 aromatic heterocycles. The van der Waals surface area contributed by atoms with E-state index in [1.807, 2.05) is 18.2 Å². The van der Waals surface area contributed by atoms with Crippen LogP contribution in [0.5, 0.6) is 11.5 Å². The zero-order chi connectivity index (χ0) is 13.0. The Morgan fingerprint density at radius 3 is 2.06 bits per heavy atom. The van der Waals surface area contributed by atoms with Crippen LogP contribution >= 0.6 is 0 Å². The van der Waals surface area contributed by atoms with E-state index in [-0.39, 0.29) is 0 Å². The van der Waals surface area contributed by atoms with Crippen molar-refractivity contribution in [1.29, 1.82) is 0 Å². The van der Waals surface area contributed by atoms with Gasteiger partial charge in [-0.05, 0) is 36.6 Å². The first-order valence-electron chi connectivity index (χ1n) is 5.99. The molecule has 18 heavy (non-hydrogen) atoms. The number of aryl methyl sites for hydroxylation is 1. The molecule has 0 saturated carbocycles. The van der Waals surface area contributed by atoms with Crippen molar-refractivity contribution in [2.75, 3.05) is 14.2 Å². The highest BCUT2D eigenvalue weighted by atomic mass is 16.5. The molecule has 0 saturated heterocycles. The van der Waals surface area contributed by atoms with E-state index in [0.717, 1.165) is 17.9 Å². The third-order valence-corrected chi connectivity index (χ3v) is 2.90. The van der Waals surface area contributed by atoms with Crippen LogP contribution in [0.1, 0.15) is 16.7 Å². The van der Waals surface area contributed by atoms with Crippen LogP contribution in [0.3, 0.4) is 0 Å². The fraction of sp³-hybridized carbons (Fsp3) is 0.250. The van der Waals surface area contributed by atoms with E-state index in [9.17, 15) is 0 Å². The normalized spacial score (nSPS) is 10.2. The van der Waals surface area contributed by atoms with Gasteiger partial charge >= 0.3 is 0 Å². The van der Waals surface area contributed by atoms with Crippen LogP contribution in [0.25, 0.3) is 0 Å². The molecule has 0 aliphatic carbocycles. The maximum atomic E-state index is 5.28. The molecule has 0 aliphatic heterocycles. The third-order valence-electron chi connectivity index (χ3n) is 2.90. The minimum Gasteiger partial charge on any atom is -0.497 e. The van der Waals surface area contributed by atoms with Crippen LogP contribution in [0.2, 0.25) is 0 Å². The summed E-state index contributed by atoms with van der Waals surface area (Å²) < 4.78 is 10.6. The van der Waals surface area contributed by atoms with Gasteiger partial charge in [0.15, 0.2) is 0 Å². The average molecular weight is 242 g/mol. The highest BCUT2D eigenvalue weighted by Crippen LogP contribution is 2.24. The largest absolute Gasteiger partial charge is 0.497 e. The Hall–Kier alpha value is -1.96. The van der Waals surface area contributed by atoms with Gasteiger partial charge < -0.3 is 9.47 Å². The summed E-state index contributed by atoms with van der Waals surface area (Å²) in [6.07, 6.45) is 0.884. The van der Waals surface area contributed by atoms with Crippen molar-refractivity contribution in [3.63, 3.8) is 0 Å². The monoisotopic (exact) mass is 242 g/mol. The van der Waals surface area contributed by atoms with Crippen molar-refractivity contribution in [3.05, 3.63) is 59.2 Å². The predicted octanol–water partition coefficient (Wildman–Crippen LogP) is 3.60. The van der Waals surface area contributed by atoms with Crippen molar-refractivity contribution in [3.8, 4) is 11.5 Å². The molecule has 2 heteroatoms. The lowest BCUT2D eigenvalue weighted by molar-refractivity contribution is 0.393. The number of hydrogen-bond acceptors (Lipinski definition) is 2. The molecule has 2 aromatic rings. The van der Waals surface area contributed by atoms with Gasteiger partial charge in [0.2, 0.25) is 0 Å². The second-order valence-electron chi connectivity index (χ2n) is 4.39. The molecule has 0 N–H and O–H groups in total. The minimum absolute atomic E-state index is 0.831. The standard InChI is InChI=1S/C16H18O2/c1-12-5-4-6-13(7-12)8-14-9-15(17-2)11-16(10-14)18-3/h4-7,9-11H,8H2,1-3H3. The van der Waals surface area contributed by atoms with E-state index in [1.165, 1.54) is 16.7 Å². The Bertz CT molecular complexity index is 510. The number of ether oxygens (including phenoxy) is 2.